The number of urea groups is 1. The quantitative estimate of drug-likeness (QED) is 0.686. The van der Waals surface area contributed by atoms with E-state index in [0.717, 1.165) is 44.3 Å². The number of benzene rings is 2. The van der Waals surface area contributed by atoms with Crippen LogP contribution in [0.15, 0.2) is 42.5 Å². The fourth-order valence-electron chi connectivity index (χ4n) is 5.77. The molecule has 3 aliphatic rings. The molecule has 1 aliphatic carbocycles. The molecule has 174 valence electrons. The van der Waals surface area contributed by atoms with Crippen molar-refractivity contribution < 1.29 is 19.4 Å². The molecule has 33 heavy (non-hydrogen) atoms. The maximum Gasteiger partial charge on any atom is 0.325 e. The molecule has 2 heterocycles. The number of aromatic hydroxyl groups is 1. The lowest BCUT2D eigenvalue weighted by Crippen LogP contribution is -2.54. The van der Waals surface area contributed by atoms with Gasteiger partial charge in [-0.3, -0.25) is 14.6 Å². The summed E-state index contributed by atoms with van der Waals surface area (Å²) < 4.78 is 5.22. The summed E-state index contributed by atoms with van der Waals surface area (Å²) in [7, 11) is 1.55. The van der Waals surface area contributed by atoms with Gasteiger partial charge < -0.3 is 15.2 Å². The second-order valence-electron chi connectivity index (χ2n) is 9.66. The lowest BCUT2D eigenvalue weighted by molar-refractivity contribution is -0.134. The Kier molecular flexibility index (Phi) is 5.52. The Morgan fingerprint density at radius 1 is 1.06 bits per heavy atom. The average Bonchev–Trinajstić information content (AvgIpc) is 3.33. The maximum absolute atomic E-state index is 13.5. The highest BCUT2D eigenvalue weighted by atomic mass is 16.5. The zero-order chi connectivity index (χ0) is 23.2. The molecule has 2 saturated heterocycles. The van der Waals surface area contributed by atoms with Crippen LogP contribution < -0.4 is 10.1 Å². The fraction of sp³-hybridized carbons (Fsp3) is 0.462. The van der Waals surface area contributed by atoms with Gasteiger partial charge >= 0.3 is 6.03 Å². The van der Waals surface area contributed by atoms with E-state index in [1.165, 1.54) is 16.0 Å². The predicted molar refractivity (Wildman–Crippen MR) is 124 cm³/mol. The number of nitrogens with zero attached hydrogens (tertiary/aromatic N) is 2. The van der Waals surface area contributed by atoms with Gasteiger partial charge in [-0.1, -0.05) is 36.4 Å². The molecule has 0 aromatic heterocycles. The Morgan fingerprint density at radius 3 is 2.36 bits per heavy atom. The first-order valence-electron chi connectivity index (χ1n) is 11.7. The van der Waals surface area contributed by atoms with Crippen LogP contribution in [0.5, 0.6) is 11.5 Å². The van der Waals surface area contributed by atoms with Gasteiger partial charge in [0.15, 0.2) is 11.5 Å². The number of carbonyl (C=O) groups is 2. The largest absolute Gasteiger partial charge is 0.504 e. The number of fused-ring (bicyclic) bond motifs is 1. The Labute approximate surface area is 194 Å². The summed E-state index contributed by atoms with van der Waals surface area (Å²) in [4.78, 5) is 30.2. The standard InChI is InChI=1S/C26H31N3O4/c1-26(20-10-12-28(13-11-20)16-19-8-5-9-22(33-2)23(19)30)24(31)29(25(32)27-26)21-14-17-6-3-4-7-18(17)15-21/h3-9,20-21,30H,10-16H2,1-2H3,(H,27,32)/t26-/m1/s1. The Bertz CT molecular complexity index is 1050. The van der Waals surface area contributed by atoms with Crippen LogP contribution in [-0.4, -0.2) is 58.6 Å². The summed E-state index contributed by atoms with van der Waals surface area (Å²) in [5, 5.41) is 13.5. The molecule has 0 radical (unpaired) electrons. The van der Waals surface area contributed by atoms with Crippen molar-refractivity contribution in [1.82, 2.24) is 15.1 Å². The zero-order valence-electron chi connectivity index (χ0n) is 19.2. The van der Waals surface area contributed by atoms with Gasteiger partial charge in [0, 0.05) is 18.2 Å². The van der Waals surface area contributed by atoms with Crippen molar-refractivity contribution in [3.05, 3.63) is 59.2 Å². The molecule has 2 N–H and O–H groups in total. The van der Waals surface area contributed by atoms with E-state index in [9.17, 15) is 14.7 Å². The number of amides is 3. The van der Waals surface area contributed by atoms with Crippen LogP contribution in [0.2, 0.25) is 0 Å². The van der Waals surface area contributed by atoms with E-state index in [2.05, 4.69) is 22.3 Å². The van der Waals surface area contributed by atoms with E-state index < -0.39 is 5.54 Å². The minimum atomic E-state index is -0.865. The average molecular weight is 450 g/mol. The first-order chi connectivity index (χ1) is 15.9. The molecule has 2 aromatic carbocycles. The van der Waals surface area contributed by atoms with Crippen molar-refractivity contribution >= 4 is 11.9 Å². The van der Waals surface area contributed by atoms with Gasteiger partial charge in [-0.2, -0.15) is 0 Å². The van der Waals surface area contributed by atoms with Crippen molar-refractivity contribution in [3.8, 4) is 11.5 Å². The highest BCUT2D eigenvalue weighted by Gasteiger charge is 2.55. The van der Waals surface area contributed by atoms with Gasteiger partial charge in [-0.05, 0) is 68.8 Å². The number of carbonyl (C=O) groups excluding carboxylic acids is 2. The SMILES string of the molecule is COc1cccc(CN2CCC([C@@]3(C)NC(=O)N(C4Cc5ccccc5C4)C3=O)CC2)c1O. The molecule has 3 amide bonds. The number of likely N-dealkylation sites (tertiary alicyclic amines) is 1. The molecule has 0 saturated carbocycles. The molecular formula is C26H31N3O4. The van der Waals surface area contributed by atoms with Crippen molar-refractivity contribution in [3.63, 3.8) is 0 Å². The monoisotopic (exact) mass is 449 g/mol. The molecule has 7 heteroatoms. The number of imide groups is 1. The van der Waals surface area contributed by atoms with Crippen LogP contribution in [0, 0.1) is 5.92 Å². The number of hydrogen-bond acceptors (Lipinski definition) is 5. The van der Waals surface area contributed by atoms with E-state index >= 15 is 0 Å². The Balaban J connectivity index is 1.24. The molecular weight excluding hydrogens is 418 g/mol. The third kappa shape index (κ3) is 3.74. The smallest absolute Gasteiger partial charge is 0.325 e. The fourth-order valence-corrected chi connectivity index (χ4v) is 5.77. The number of nitrogens with one attached hydrogen (secondary N) is 1. The molecule has 0 unspecified atom stereocenters. The maximum atomic E-state index is 13.5. The number of piperidine rings is 1. The number of hydrogen-bond donors (Lipinski definition) is 2. The third-order valence-electron chi connectivity index (χ3n) is 7.74. The molecule has 0 spiro atoms. The highest BCUT2D eigenvalue weighted by Crippen LogP contribution is 2.37. The van der Waals surface area contributed by atoms with Gasteiger partial charge in [0.2, 0.25) is 0 Å². The zero-order valence-corrected chi connectivity index (χ0v) is 19.2. The summed E-state index contributed by atoms with van der Waals surface area (Å²) in [6.07, 6.45) is 3.08. The van der Waals surface area contributed by atoms with E-state index in [0.29, 0.717) is 12.3 Å². The van der Waals surface area contributed by atoms with E-state index in [4.69, 9.17) is 4.74 Å². The van der Waals surface area contributed by atoms with E-state index in [1.54, 1.807) is 13.2 Å². The van der Waals surface area contributed by atoms with Gasteiger partial charge in [0.25, 0.3) is 5.91 Å². The van der Waals surface area contributed by atoms with Crippen molar-refractivity contribution in [2.24, 2.45) is 5.92 Å². The molecule has 5 rings (SSSR count). The number of methoxy groups -OCH3 is 1. The summed E-state index contributed by atoms with van der Waals surface area (Å²) in [5.41, 5.74) is 2.42. The minimum absolute atomic E-state index is 0.0814. The Morgan fingerprint density at radius 2 is 1.73 bits per heavy atom. The van der Waals surface area contributed by atoms with Gasteiger partial charge in [0.05, 0.1) is 7.11 Å². The second-order valence-corrected chi connectivity index (χ2v) is 9.66. The van der Waals surface area contributed by atoms with Crippen LogP contribution in [0.1, 0.15) is 36.5 Å². The van der Waals surface area contributed by atoms with E-state index in [1.807, 2.05) is 31.2 Å². The molecule has 0 bridgehead atoms. The number of ether oxygens (including phenoxy) is 1. The molecule has 7 nitrogen and oxygen atoms in total. The van der Waals surface area contributed by atoms with Crippen LogP contribution in [-0.2, 0) is 24.2 Å². The van der Waals surface area contributed by atoms with Gasteiger partial charge in [-0.25, -0.2) is 4.79 Å². The summed E-state index contributed by atoms with van der Waals surface area (Å²) in [6, 6.07) is 13.4. The number of para-hydroxylation sites is 1. The van der Waals surface area contributed by atoms with Crippen LogP contribution >= 0.6 is 0 Å². The number of phenolic OH excluding ortho intramolecular Hbond substituents is 1. The van der Waals surface area contributed by atoms with Gasteiger partial charge in [-0.15, -0.1) is 0 Å². The summed E-state index contributed by atoms with van der Waals surface area (Å²) >= 11 is 0. The minimum Gasteiger partial charge on any atom is -0.504 e. The van der Waals surface area contributed by atoms with Crippen molar-refractivity contribution in [2.45, 2.75) is 50.7 Å². The molecule has 2 fully saturated rings. The normalized spacial score (nSPS) is 24.2. The van der Waals surface area contributed by atoms with Crippen molar-refractivity contribution in [1.29, 1.82) is 0 Å². The van der Waals surface area contributed by atoms with Gasteiger partial charge in [0.1, 0.15) is 5.54 Å². The van der Waals surface area contributed by atoms with Crippen LogP contribution in [0.25, 0.3) is 0 Å². The van der Waals surface area contributed by atoms with Crippen LogP contribution in [0.4, 0.5) is 4.79 Å². The summed E-state index contributed by atoms with van der Waals surface area (Å²) in [6.45, 7) is 4.12. The first kappa shape index (κ1) is 21.8. The number of phenols is 1. The molecule has 2 aromatic rings. The second kappa shape index (κ2) is 8.37. The van der Waals surface area contributed by atoms with E-state index in [-0.39, 0.29) is 29.6 Å². The van der Waals surface area contributed by atoms with Crippen LogP contribution in [0.3, 0.4) is 0 Å². The first-order valence-corrected chi connectivity index (χ1v) is 11.7. The molecule has 1 atom stereocenters. The highest BCUT2D eigenvalue weighted by molar-refractivity contribution is 6.07. The molecule has 2 aliphatic heterocycles. The third-order valence-corrected chi connectivity index (χ3v) is 7.74. The topological polar surface area (TPSA) is 82.1 Å². The lowest BCUT2D eigenvalue weighted by Gasteiger charge is -2.39. The predicted octanol–water partition coefficient (Wildman–Crippen LogP) is 3.09. The number of rotatable bonds is 5. The van der Waals surface area contributed by atoms with Crippen molar-refractivity contribution in [2.75, 3.05) is 20.2 Å². The summed E-state index contributed by atoms with van der Waals surface area (Å²) in [5.74, 6) is 0.649. The lowest BCUT2D eigenvalue weighted by atomic mass is 9.78. The Hall–Kier alpha value is -3.06.